The van der Waals surface area contributed by atoms with Crippen molar-refractivity contribution in [3.63, 3.8) is 0 Å². The molecule has 0 amide bonds. The molecule has 0 aliphatic rings. The number of aromatic amines is 1. The molecule has 0 saturated carbocycles. The molecular formula is C11H13FN4. The fourth-order valence-electron chi connectivity index (χ4n) is 1.38. The van der Waals surface area contributed by atoms with Crippen molar-refractivity contribution in [2.24, 2.45) is 5.73 Å². The summed E-state index contributed by atoms with van der Waals surface area (Å²) in [5.74, 6) is 0.373. The van der Waals surface area contributed by atoms with Gasteiger partial charge in [0, 0.05) is 0 Å². The van der Waals surface area contributed by atoms with Gasteiger partial charge in [0.05, 0.1) is 29.8 Å². The molecule has 0 aliphatic carbocycles. The van der Waals surface area contributed by atoms with Crippen molar-refractivity contribution >= 4 is 0 Å². The molecule has 16 heavy (non-hydrogen) atoms. The molecule has 84 valence electrons. The Morgan fingerprint density at radius 1 is 1.38 bits per heavy atom. The van der Waals surface area contributed by atoms with Gasteiger partial charge in [0.1, 0.15) is 11.6 Å². The SMILES string of the molecule is CCC(N)c1ncc(-c2ccc(F)cn2)[nH]1. The van der Waals surface area contributed by atoms with Crippen molar-refractivity contribution in [3.05, 3.63) is 36.2 Å². The molecule has 0 aromatic carbocycles. The van der Waals surface area contributed by atoms with Gasteiger partial charge < -0.3 is 10.7 Å². The van der Waals surface area contributed by atoms with Crippen LogP contribution < -0.4 is 5.73 Å². The first-order chi connectivity index (χ1) is 7.70. The summed E-state index contributed by atoms with van der Waals surface area (Å²) in [5.41, 5.74) is 7.24. The Morgan fingerprint density at radius 3 is 2.81 bits per heavy atom. The van der Waals surface area contributed by atoms with E-state index in [4.69, 9.17) is 5.73 Å². The van der Waals surface area contributed by atoms with E-state index in [0.717, 1.165) is 17.9 Å². The van der Waals surface area contributed by atoms with E-state index in [0.29, 0.717) is 5.69 Å². The number of aromatic nitrogens is 3. The monoisotopic (exact) mass is 220 g/mol. The van der Waals surface area contributed by atoms with Gasteiger partial charge in [-0.05, 0) is 18.6 Å². The maximum Gasteiger partial charge on any atom is 0.141 e. The molecule has 1 unspecified atom stereocenters. The van der Waals surface area contributed by atoms with E-state index in [9.17, 15) is 4.39 Å². The fraction of sp³-hybridized carbons (Fsp3) is 0.273. The molecule has 0 fully saturated rings. The normalized spacial score (nSPS) is 12.7. The molecule has 4 nitrogen and oxygen atoms in total. The van der Waals surface area contributed by atoms with Crippen LogP contribution in [-0.4, -0.2) is 15.0 Å². The first-order valence-corrected chi connectivity index (χ1v) is 5.13. The van der Waals surface area contributed by atoms with Gasteiger partial charge >= 0.3 is 0 Å². The molecule has 0 bridgehead atoms. The van der Waals surface area contributed by atoms with E-state index < -0.39 is 0 Å². The molecule has 0 aliphatic heterocycles. The Morgan fingerprint density at radius 2 is 2.19 bits per heavy atom. The summed E-state index contributed by atoms with van der Waals surface area (Å²) in [7, 11) is 0. The number of pyridine rings is 1. The summed E-state index contributed by atoms with van der Waals surface area (Å²) in [6, 6.07) is 2.86. The van der Waals surface area contributed by atoms with Crippen LogP contribution in [0.1, 0.15) is 25.2 Å². The van der Waals surface area contributed by atoms with Crippen LogP contribution >= 0.6 is 0 Å². The Kier molecular flexibility index (Phi) is 2.96. The fourth-order valence-corrected chi connectivity index (χ4v) is 1.38. The lowest BCUT2D eigenvalue weighted by molar-refractivity contribution is 0.621. The average molecular weight is 220 g/mol. The predicted octanol–water partition coefficient (Wildman–Crippen LogP) is 2.02. The third-order valence-electron chi connectivity index (χ3n) is 2.39. The van der Waals surface area contributed by atoms with E-state index in [1.165, 1.54) is 12.3 Å². The minimum atomic E-state index is -0.353. The second kappa shape index (κ2) is 4.40. The van der Waals surface area contributed by atoms with Crippen LogP contribution in [0.25, 0.3) is 11.4 Å². The van der Waals surface area contributed by atoms with Crippen molar-refractivity contribution < 1.29 is 4.39 Å². The second-order valence-electron chi connectivity index (χ2n) is 3.56. The number of rotatable bonds is 3. The van der Waals surface area contributed by atoms with Crippen LogP contribution in [0.4, 0.5) is 4.39 Å². The lowest BCUT2D eigenvalue weighted by Gasteiger charge is -2.03. The molecule has 1 atom stereocenters. The highest BCUT2D eigenvalue weighted by Crippen LogP contribution is 2.17. The Bertz CT molecular complexity index is 463. The largest absolute Gasteiger partial charge is 0.339 e. The van der Waals surface area contributed by atoms with Crippen LogP contribution in [0.2, 0.25) is 0 Å². The zero-order valence-corrected chi connectivity index (χ0v) is 8.94. The third-order valence-corrected chi connectivity index (χ3v) is 2.39. The molecule has 0 radical (unpaired) electrons. The van der Waals surface area contributed by atoms with E-state index in [-0.39, 0.29) is 11.9 Å². The zero-order valence-electron chi connectivity index (χ0n) is 8.94. The Labute approximate surface area is 92.7 Å². The molecule has 2 aromatic heterocycles. The van der Waals surface area contributed by atoms with Crippen LogP contribution in [0.5, 0.6) is 0 Å². The first-order valence-electron chi connectivity index (χ1n) is 5.13. The average Bonchev–Trinajstić information content (AvgIpc) is 2.78. The van der Waals surface area contributed by atoms with Crippen molar-refractivity contribution in [1.29, 1.82) is 0 Å². The highest BCUT2D eigenvalue weighted by molar-refractivity contribution is 5.52. The van der Waals surface area contributed by atoms with Crippen LogP contribution in [0.3, 0.4) is 0 Å². The summed E-state index contributed by atoms with van der Waals surface area (Å²) >= 11 is 0. The zero-order chi connectivity index (χ0) is 11.5. The molecule has 2 aromatic rings. The Balaban J connectivity index is 2.28. The Hall–Kier alpha value is -1.75. The smallest absolute Gasteiger partial charge is 0.141 e. The van der Waals surface area contributed by atoms with Gasteiger partial charge in [-0.25, -0.2) is 9.37 Å². The number of imidazole rings is 1. The van der Waals surface area contributed by atoms with Crippen LogP contribution in [-0.2, 0) is 0 Å². The van der Waals surface area contributed by atoms with Gasteiger partial charge in [-0.2, -0.15) is 0 Å². The maximum atomic E-state index is 12.7. The topological polar surface area (TPSA) is 67.6 Å². The molecule has 3 N–H and O–H groups in total. The molecule has 2 heterocycles. The quantitative estimate of drug-likeness (QED) is 0.831. The molecule has 0 saturated heterocycles. The van der Waals surface area contributed by atoms with Gasteiger partial charge in [0.25, 0.3) is 0 Å². The maximum absolute atomic E-state index is 12.7. The van der Waals surface area contributed by atoms with E-state index in [2.05, 4.69) is 15.0 Å². The summed E-state index contributed by atoms with van der Waals surface area (Å²) in [4.78, 5) is 11.2. The summed E-state index contributed by atoms with van der Waals surface area (Å²) in [6.07, 6.45) is 3.64. The van der Waals surface area contributed by atoms with Crippen molar-refractivity contribution in [3.8, 4) is 11.4 Å². The van der Waals surface area contributed by atoms with Crippen molar-refractivity contribution in [2.45, 2.75) is 19.4 Å². The number of halogens is 1. The van der Waals surface area contributed by atoms with E-state index in [1.807, 2.05) is 6.92 Å². The van der Waals surface area contributed by atoms with Gasteiger partial charge in [-0.15, -0.1) is 0 Å². The molecule has 5 heteroatoms. The van der Waals surface area contributed by atoms with Gasteiger partial charge in [0.15, 0.2) is 0 Å². The first kappa shape index (κ1) is 10.8. The summed E-state index contributed by atoms with van der Waals surface area (Å²) in [6.45, 7) is 1.99. The highest BCUT2D eigenvalue weighted by atomic mass is 19.1. The third kappa shape index (κ3) is 2.09. The lowest BCUT2D eigenvalue weighted by atomic mass is 10.2. The number of H-pyrrole nitrogens is 1. The number of nitrogens with zero attached hydrogens (tertiary/aromatic N) is 2. The van der Waals surface area contributed by atoms with Gasteiger partial charge in [0.2, 0.25) is 0 Å². The van der Waals surface area contributed by atoms with E-state index in [1.54, 1.807) is 12.3 Å². The van der Waals surface area contributed by atoms with Crippen molar-refractivity contribution in [1.82, 2.24) is 15.0 Å². The number of nitrogens with two attached hydrogens (primary N) is 1. The number of hydrogen-bond donors (Lipinski definition) is 2. The molecule has 0 spiro atoms. The second-order valence-corrected chi connectivity index (χ2v) is 3.56. The number of nitrogens with one attached hydrogen (secondary N) is 1. The van der Waals surface area contributed by atoms with Crippen LogP contribution in [0, 0.1) is 5.82 Å². The summed E-state index contributed by atoms with van der Waals surface area (Å²) in [5, 5.41) is 0. The standard InChI is InChI=1S/C11H13FN4/c1-2-8(13)11-15-6-10(16-11)9-4-3-7(12)5-14-9/h3-6,8H,2,13H2,1H3,(H,15,16). The van der Waals surface area contributed by atoms with E-state index >= 15 is 0 Å². The van der Waals surface area contributed by atoms with Gasteiger partial charge in [-0.1, -0.05) is 6.92 Å². The molecule has 2 rings (SSSR count). The highest BCUT2D eigenvalue weighted by Gasteiger charge is 2.09. The summed E-state index contributed by atoms with van der Waals surface area (Å²) < 4.78 is 12.7. The lowest BCUT2D eigenvalue weighted by Crippen LogP contribution is -2.10. The van der Waals surface area contributed by atoms with Gasteiger partial charge in [-0.3, -0.25) is 4.98 Å². The minimum Gasteiger partial charge on any atom is -0.339 e. The predicted molar refractivity (Wildman–Crippen MR) is 59.0 cm³/mol. The molecular weight excluding hydrogens is 207 g/mol. The minimum absolute atomic E-state index is 0.103. The number of hydrogen-bond acceptors (Lipinski definition) is 3. The van der Waals surface area contributed by atoms with Crippen LogP contribution in [0.15, 0.2) is 24.5 Å². The van der Waals surface area contributed by atoms with Crippen molar-refractivity contribution in [2.75, 3.05) is 0 Å².